The van der Waals surface area contributed by atoms with E-state index in [1.807, 2.05) is 30.0 Å². The van der Waals surface area contributed by atoms with Crippen LogP contribution < -0.4 is 9.64 Å². The average Bonchev–Trinajstić information content (AvgIpc) is 3.15. The SMILES string of the molecule is COc1ccc2c(N(c3ccc(F)cc3)C(C)c3noc(C)n3)ncnc2c1. The molecule has 7 nitrogen and oxygen atoms in total. The van der Waals surface area contributed by atoms with E-state index < -0.39 is 0 Å². The summed E-state index contributed by atoms with van der Waals surface area (Å²) in [6, 6.07) is 11.5. The van der Waals surface area contributed by atoms with Gasteiger partial charge in [0.05, 0.1) is 18.7 Å². The highest BCUT2D eigenvalue weighted by Crippen LogP contribution is 2.37. The molecule has 0 saturated carbocycles. The first-order chi connectivity index (χ1) is 13.6. The fourth-order valence-corrected chi connectivity index (χ4v) is 3.07. The first-order valence-electron chi connectivity index (χ1n) is 8.70. The number of methoxy groups -OCH3 is 1. The summed E-state index contributed by atoms with van der Waals surface area (Å²) in [4.78, 5) is 15.1. The minimum absolute atomic E-state index is 0.316. The van der Waals surface area contributed by atoms with Crippen LogP contribution in [0.3, 0.4) is 0 Å². The maximum atomic E-state index is 13.5. The van der Waals surface area contributed by atoms with Gasteiger partial charge in [0.1, 0.15) is 23.7 Å². The van der Waals surface area contributed by atoms with Crippen molar-refractivity contribution in [3.8, 4) is 5.75 Å². The molecule has 1 atom stereocenters. The van der Waals surface area contributed by atoms with Gasteiger partial charge in [-0.25, -0.2) is 14.4 Å². The molecule has 2 aromatic heterocycles. The van der Waals surface area contributed by atoms with Crippen molar-refractivity contribution in [2.75, 3.05) is 12.0 Å². The van der Waals surface area contributed by atoms with Crippen molar-refractivity contribution >= 4 is 22.4 Å². The lowest BCUT2D eigenvalue weighted by Gasteiger charge is -2.29. The molecular weight excluding hydrogens is 361 g/mol. The van der Waals surface area contributed by atoms with E-state index in [9.17, 15) is 4.39 Å². The van der Waals surface area contributed by atoms with Crippen molar-refractivity contribution in [3.63, 3.8) is 0 Å². The van der Waals surface area contributed by atoms with Gasteiger partial charge in [-0.05, 0) is 43.3 Å². The maximum Gasteiger partial charge on any atom is 0.223 e. The molecule has 8 heteroatoms. The fourth-order valence-electron chi connectivity index (χ4n) is 3.07. The lowest BCUT2D eigenvalue weighted by Crippen LogP contribution is -2.24. The van der Waals surface area contributed by atoms with Crippen LogP contribution in [0.25, 0.3) is 10.9 Å². The highest BCUT2D eigenvalue weighted by molar-refractivity contribution is 5.92. The molecule has 0 aliphatic heterocycles. The molecule has 142 valence electrons. The van der Waals surface area contributed by atoms with Crippen molar-refractivity contribution in [1.29, 1.82) is 0 Å². The van der Waals surface area contributed by atoms with E-state index in [-0.39, 0.29) is 11.9 Å². The van der Waals surface area contributed by atoms with E-state index in [1.165, 1.54) is 18.5 Å². The van der Waals surface area contributed by atoms with Crippen molar-refractivity contribution in [2.45, 2.75) is 19.9 Å². The smallest absolute Gasteiger partial charge is 0.223 e. The van der Waals surface area contributed by atoms with Gasteiger partial charge in [-0.1, -0.05) is 5.16 Å². The topological polar surface area (TPSA) is 77.2 Å². The lowest BCUT2D eigenvalue weighted by atomic mass is 10.1. The van der Waals surface area contributed by atoms with Crippen LogP contribution in [0.1, 0.15) is 24.7 Å². The number of benzene rings is 2. The first-order valence-corrected chi connectivity index (χ1v) is 8.70. The Morgan fingerprint density at radius 2 is 1.89 bits per heavy atom. The summed E-state index contributed by atoms with van der Waals surface area (Å²) in [5.74, 6) is 2.01. The third kappa shape index (κ3) is 3.24. The van der Waals surface area contributed by atoms with Gasteiger partial charge < -0.3 is 14.2 Å². The van der Waals surface area contributed by atoms with Crippen LogP contribution in [0.15, 0.2) is 53.3 Å². The minimum atomic E-state index is -0.317. The highest BCUT2D eigenvalue weighted by atomic mass is 19.1. The quantitative estimate of drug-likeness (QED) is 0.509. The van der Waals surface area contributed by atoms with Crippen LogP contribution in [0.2, 0.25) is 0 Å². The number of aromatic nitrogens is 4. The van der Waals surface area contributed by atoms with Crippen molar-refractivity contribution in [3.05, 3.63) is 66.3 Å². The molecule has 0 aliphatic rings. The normalized spacial score (nSPS) is 12.1. The number of aryl methyl sites for hydroxylation is 1. The Kier molecular flexibility index (Phi) is 4.60. The summed E-state index contributed by atoms with van der Waals surface area (Å²) in [7, 11) is 1.61. The molecule has 4 rings (SSSR count). The van der Waals surface area contributed by atoms with E-state index in [0.717, 1.165) is 16.6 Å². The molecule has 2 heterocycles. The van der Waals surface area contributed by atoms with Crippen LogP contribution >= 0.6 is 0 Å². The average molecular weight is 379 g/mol. The summed E-state index contributed by atoms with van der Waals surface area (Å²) in [6.45, 7) is 3.67. The van der Waals surface area contributed by atoms with E-state index in [1.54, 1.807) is 26.2 Å². The lowest BCUT2D eigenvalue weighted by molar-refractivity contribution is 0.384. The molecule has 1 unspecified atom stereocenters. The molecule has 0 N–H and O–H groups in total. The monoisotopic (exact) mass is 379 g/mol. The van der Waals surface area contributed by atoms with Crippen LogP contribution in [0, 0.1) is 12.7 Å². The Morgan fingerprint density at radius 3 is 2.57 bits per heavy atom. The molecule has 28 heavy (non-hydrogen) atoms. The van der Waals surface area contributed by atoms with Gasteiger partial charge in [0.2, 0.25) is 5.89 Å². The second-order valence-electron chi connectivity index (χ2n) is 6.27. The van der Waals surface area contributed by atoms with Crippen molar-refractivity contribution in [2.24, 2.45) is 0 Å². The third-order valence-electron chi connectivity index (χ3n) is 4.46. The number of rotatable bonds is 5. The Morgan fingerprint density at radius 1 is 1.11 bits per heavy atom. The predicted molar refractivity (Wildman–Crippen MR) is 102 cm³/mol. The van der Waals surface area contributed by atoms with Gasteiger partial charge in [-0.3, -0.25) is 0 Å². The van der Waals surface area contributed by atoms with Crippen molar-refractivity contribution < 1.29 is 13.7 Å². The molecule has 0 bridgehead atoms. The molecule has 0 amide bonds. The molecule has 4 aromatic rings. The van der Waals surface area contributed by atoms with Gasteiger partial charge >= 0.3 is 0 Å². The first kappa shape index (κ1) is 17.8. The van der Waals surface area contributed by atoms with E-state index in [0.29, 0.717) is 23.3 Å². The fraction of sp³-hybridized carbons (Fsp3) is 0.200. The molecule has 0 saturated heterocycles. The zero-order valence-corrected chi connectivity index (χ0v) is 15.6. The Balaban J connectivity index is 1.90. The summed E-state index contributed by atoms with van der Waals surface area (Å²) >= 11 is 0. The largest absolute Gasteiger partial charge is 0.497 e. The van der Waals surface area contributed by atoms with Gasteiger partial charge in [-0.2, -0.15) is 4.98 Å². The highest BCUT2D eigenvalue weighted by Gasteiger charge is 2.25. The summed E-state index contributed by atoms with van der Waals surface area (Å²) in [6.07, 6.45) is 1.49. The van der Waals surface area contributed by atoms with E-state index in [2.05, 4.69) is 20.1 Å². The Labute approximate surface area is 160 Å². The second-order valence-corrected chi connectivity index (χ2v) is 6.27. The summed E-state index contributed by atoms with van der Waals surface area (Å²) in [5, 5.41) is 4.87. The number of fused-ring (bicyclic) bond motifs is 1. The summed E-state index contributed by atoms with van der Waals surface area (Å²) in [5.41, 5.74) is 1.47. The number of anilines is 2. The van der Waals surface area contributed by atoms with Crippen LogP contribution in [-0.2, 0) is 0 Å². The van der Waals surface area contributed by atoms with Gasteiger partial charge in [0.15, 0.2) is 5.82 Å². The molecule has 0 radical (unpaired) electrons. The zero-order chi connectivity index (χ0) is 19.7. The third-order valence-corrected chi connectivity index (χ3v) is 4.46. The number of hydrogen-bond donors (Lipinski definition) is 0. The molecule has 2 aromatic carbocycles. The van der Waals surface area contributed by atoms with Crippen LogP contribution in [0.4, 0.5) is 15.9 Å². The van der Waals surface area contributed by atoms with E-state index >= 15 is 0 Å². The Hall–Kier alpha value is -3.55. The number of halogens is 1. The van der Waals surface area contributed by atoms with Gasteiger partial charge in [0.25, 0.3) is 0 Å². The van der Waals surface area contributed by atoms with Gasteiger partial charge in [0, 0.05) is 24.1 Å². The Bertz CT molecular complexity index is 1110. The molecule has 0 spiro atoms. The zero-order valence-electron chi connectivity index (χ0n) is 15.6. The second kappa shape index (κ2) is 7.22. The number of hydrogen-bond acceptors (Lipinski definition) is 7. The van der Waals surface area contributed by atoms with Gasteiger partial charge in [-0.15, -0.1) is 0 Å². The summed E-state index contributed by atoms with van der Waals surface area (Å²) < 4.78 is 24.0. The van der Waals surface area contributed by atoms with Crippen LogP contribution in [0.5, 0.6) is 5.75 Å². The number of ether oxygens (including phenoxy) is 1. The minimum Gasteiger partial charge on any atom is -0.497 e. The predicted octanol–water partition coefficient (Wildman–Crippen LogP) is 4.37. The number of nitrogens with zero attached hydrogens (tertiary/aromatic N) is 5. The molecular formula is C20H18FN5O2. The van der Waals surface area contributed by atoms with Crippen molar-refractivity contribution in [1.82, 2.24) is 20.1 Å². The van der Waals surface area contributed by atoms with E-state index in [4.69, 9.17) is 9.26 Å². The molecule has 0 aliphatic carbocycles. The molecule has 0 fully saturated rings. The maximum absolute atomic E-state index is 13.5. The van der Waals surface area contributed by atoms with Crippen LogP contribution in [-0.4, -0.2) is 27.2 Å². The standard InChI is InChI=1S/C20H18FN5O2/c1-12(19-24-13(2)28-25-19)26(15-6-4-14(21)5-7-15)20-17-9-8-16(27-3)10-18(17)22-11-23-20/h4-12H,1-3H3.